The predicted octanol–water partition coefficient (Wildman–Crippen LogP) is 0.490. The third-order valence-corrected chi connectivity index (χ3v) is 6.31. The maximum Gasteiger partial charge on any atom is 0.230 e. The number of rotatable bonds is 4. The number of carbonyl (C=O) groups excluding carboxylic acids is 1. The first-order valence-corrected chi connectivity index (χ1v) is 9.88. The van der Waals surface area contributed by atoms with Crippen molar-refractivity contribution >= 4 is 17.4 Å². The summed E-state index contributed by atoms with van der Waals surface area (Å²) in [5.41, 5.74) is 0.621. The lowest BCUT2D eigenvalue weighted by Crippen LogP contribution is -2.43. The molecule has 3 fully saturated rings. The summed E-state index contributed by atoms with van der Waals surface area (Å²) in [6, 6.07) is 4.00. The number of likely N-dealkylation sites (tertiary alicyclic amines) is 1. The molecule has 1 unspecified atom stereocenters. The van der Waals surface area contributed by atoms with Gasteiger partial charge < -0.3 is 14.5 Å². The quantitative estimate of drug-likeness (QED) is 0.781. The van der Waals surface area contributed by atoms with Crippen molar-refractivity contribution in [3.8, 4) is 0 Å². The molecule has 0 aromatic carbocycles. The molecule has 1 spiro atoms. The Morgan fingerprint density at radius 1 is 1.07 bits per heavy atom. The van der Waals surface area contributed by atoms with E-state index in [1.165, 1.54) is 0 Å². The predicted molar refractivity (Wildman–Crippen MR) is 101 cm³/mol. The largest absolute Gasteiger partial charge is 0.379 e. The number of amides is 1. The summed E-state index contributed by atoms with van der Waals surface area (Å²) in [7, 11) is 0. The zero-order valence-corrected chi connectivity index (χ0v) is 15.6. The molecule has 144 valence electrons. The fourth-order valence-corrected chi connectivity index (χ4v) is 4.61. The molecule has 0 bridgehead atoms. The molecule has 0 saturated carbocycles. The Hall–Kier alpha value is -2.19. The number of carbonyl (C=O) groups is 1. The van der Waals surface area contributed by atoms with Gasteiger partial charge in [0.1, 0.15) is 5.82 Å². The van der Waals surface area contributed by atoms with Crippen molar-refractivity contribution in [1.82, 2.24) is 24.4 Å². The molecular formula is C19H26N6O2. The molecule has 1 atom stereocenters. The van der Waals surface area contributed by atoms with Crippen LogP contribution in [0.3, 0.4) is 0 Å². The molecule has 1 amide bonds. The van der Waals surface area contributed by atoms with Gasteiger partial charge in [0.2, 0.25) is 5.91 Å². The first kappa shape index (κ1) is 16.9. The normalized spacial score (nSPS) is 26.7. The van der Waals surface area contributed by atoms with Crippen molar-refractivity contribution in [2.45, 2.75) is 12.8 Å². The molecule has 3 aliphatic rings. The molecule has 0 N–H and O–H groups in total. The van der Waals surface area contributed by atoms with Gasteiger partial charge in [0, 0.05) is 58.2 Å². The van der Waals surface area contributed by atoms with Crippen LogP contribution < -0.4 is 4.90 Å². The minimum Gasteiger partial charge on any atom is -0.379 e. The molecular weight excluding hydrogens is 344 g/mol. The van der Waals surface area contributed by atoms with Gasteiger partial charge in [-0.25, -0.2) is 9.50 Å². The van der Waals surface area contributed by atoms with E-state index in [-0.39, 0.29) is 5.41 Å². The zero-order chi connectivity index (χ0) is 18.3. The SMILES string of the molecule is O=C1N(CCN2CCOCC2)CCC12CCN(c1ccc3nccn3n1)C2. The van der Waals surface area contributed by atoms with Gasteiger partial charge in [-0.1, -0.05) is 0 Å². The zero-order valence-electron chi connectivity index (χ0n) is 15.6. The number of aromatic nitrogens is 3. The van der Waals surface area contributed by atoms with E-state index in [1.807, 2.05) is 18.3 Å². The second-order valence-electron chi connectivity index (χ2n) is 7.87. The van der Waals surface area contributed by atoms with E-state index >= 15 is 0 Å². The van der Waals surface area contributed by atoms with Crippen LogP contribution in [0.4, 0.5) is 5.82 Å². The molecule has 2 aromatic rings. The summed E-state index contributed by atoms with van der Waals surface area (Å²) >= 11 is 0. The van der Waals surface area contributed by atoms with Gasteiger partial charge in [0.15, 0.2) is 5.65 Å². The second kappa shape index (κ2) is 6.76. The highest BCUT2D eigenvalue weighted by Gasteiger charge is 2.50. The van der Waals surface area contributed by atoms with Crippen LogP contribution in [-0.2, 0) is 9.53 Å². The lowest BCUT2D eigenvalue weighted by Gasteiger charge is -2.29. The van der Waals surface area contributed by atoms with Crippen LogP contribution in [0.5, 0.6) is 0 Å². The van der Waals surface area contributed by atoms with E-state index in [1.54, 1.807) is 10.7 Å². The van der Waals surface area contributed by atoms with Crippen LogP contribution >= 0.6 is 0 Å². The first-order valence-electron chi connectivity index (χ1n) is 9.88. The lowest BCUT2D eigenvalue weighted by atomic mass is 9.85. The van der Waals surface area contributed by atoms with E-state index in [9.17, 15) is 4.79 Å². The van der Waals surface area contributed by atoms with Crippen molar-refractivity contribution in [2.75, 3.05) is 63.9 Å². The summed E-state index contributed by atoms with van der Waals surface area (Å²) in [6.07, 6.45) is 5.49. The maximum absolute atomic E-state index is 13.2. The Bertz CT molecular complexity index is 832. The van der Waals surface area contributed by atoms with Gasteiger partial charge in [0.05, 0.1) is 18.6 Å². The lowest BCUT2D eigenvalue weighted by molar-refractivity contribution is -0.135. The molecule has 5 heterocycles. The van der Waals surface area contributed by atoms with Gasteiger partial charge in [-0.3, -0.25) is 9.69 Å². The van der Waals surface area contributed by atoms with Crippen LogP contribution in [0, 0.1) is 5.41 Å². The van der Waals surface area contributed by atoms with E-state index in [2.05, 4.69) is 24.8 Å². The van der Waals surface area contributed by atoms with Crippen molar-refractivity contribution < 1.29 is 9.53 Å². The fourth-order valence-electron chi connectivity index (χ4n) is 4.61. The van der Waals surface area contributed by atoms with Crippen LogP contribution in [0.25, 0.3) is 5.65 Å². The first-order chi connectivity index (χ1) is 13.2. The number of morpholine rings is 1. The van der Waals surface area contributed by atoms with E-state index in [4.69, 9.17) is 4.74 Å². The van der Waals surface area contributed by atoms with Gasteiger partial charge in [-0.2, -0.15) is 0 Å². The highest BCUT2D eigenvalue weighted by Crippen LogP contribution is 2.41. The standard InChI is InChI=1S/C19H26N6O2/c26-18-19(3-6-23(18)10-9-22-11-13-27-14-12-22)4-7-24(15-19)17-2-1-16-20-5-8-25(16)21-17/h1-2,5,8H,3-4,6-7,9-15H2. The summed E-state index contributed by atoms with van der Waals surface area (Å²) < 4.78 is 7.20. The number of imidazole rings is 1. The number of ether oxygens (including phenoxy) is 1. The smallest absolute Gasteiger partial charge is 0.230 e. The van der Waals surface area contributed by atoms with Crippen LogP contribution in [-0.4, -0.2) is 89.3 Å². The average Bonchev–Trinajstić information content (AvgIpc) is 3.42. The summed E-state index contributed by atoms with van der Waals surface area (Å²) in [5.74, 6) is 1.26. The fraction of sp³-hybridized carbons (Fsp3) is 0.632. The molecule has 5 rings (SSSR count). The summed E-state index contributed by atoms with van der Waals surface area (Å²) in [4.78, 5) is 24.1. The van der Waals surface area contributed by atoms with Crippen molar-refractivity contribution in [1.29, 1.82) is 0 Å². The Labute approximate surface area is 158 Å². The van der Waals surface area contributed by atoms with Gasteiger partial charge in [-0.15, -0.1) is 5.10 Å². The molecule has 2 aromatic heterocycles. The van der Waals surface area contributed by atoms with Crippen LogP contribution in [0.15, 0.2) is 24.5 Å². The minimum atomic E-state index is -0.226. The van der Waals surface area contributed by atoms with E-state index in [0.717, 1.165) is 83.3 Å². The Morgan fingerprint density at radius 2 is 1.93 bits per heavy atom. The summed E-state index contributed by atoms with van der Waals surface area (Å²) in [5, 5.41) is 4.65. The molecule has 27 heavy (non-hydrogen) atoms. The Kier molecular flexibility index (Phi) is 4.24. The third kappa shape index (κ3) is 3.06. The number of anilines is 1. The third-order valence-electron chi connectivity index (χ3n) is 6.31. The van der Waals surface area contributed by atoms with Crippen molar-refractivity contribution in [3.63, 3.8) is 0 Å². The number of nitrogens with zero attached hydrogens (tertiary/aromatic N) is 6. The number of hydrogen-bond donors (Lipinski definition) is 0. The van der Waals surface area contributed by atoms with Crippen LogP contribution in [0.2, 0.25) is 0 Å². The Balaban J connectivity index is 1.23. The van der Waals surface area contributed by atoms with Crippen molar-refractivity contribution in [2.24, 2.45) is 5.41 Å². The van der Waals surface area contributed by atoms with E-state index in [0.29, 0.717) is 5.91 Å². The molecule has 8 nitrogen and oxygen atoms in total. The minimum absolute atomic E-state index is 0.226. The van der Waals surface area contributed by atoms with E-state index < -0.39 is 0 Å². The molecule has 8 heteroatoms. The molecule has 3 saturated heterocycles. The van der Waals surface area contributed by atoms with Gasteiger partial charge in [0.25, 0.3) is 0 Å². The van der Waals surface area contributed by atoms with Crippen molar-refractivity contribution in [3.05, 3.63) is 24.5 Å². The topological polar surface area (TPSA) is 66.2 Å². The average molecular weight is 370 g/mol. The number of fused-ring (bicyclic) bond motifs is 1. The molecule has 0 radical (unpaired) electrons. The monoisotopic (exact) mass is 370 g/mol. The Morgan fingerprint density at radius 3 is 2.81 bits per heavy atom. The van der Waals surface area contributed by atoms with Crippen LogP contribution in [0.1, 0.15) is 12.8 Å². The highest BCUT2D eigenvalue weighted by atomic mass is 16.5. The summed E-state index contributed by atoms with van der Waals surface area (Å²) in [6.45, 7) is 7.89. The molecule has 3 aliphatic heterocycles. The maximum atomic E-state index is 13.2. The van der Waals surface area contributed by atoms with Gasteiger partial charge >= 0.3 is 0 Å². The highest BCUT2D eigenvalue weighted by molar-refractivity contribution is 5.86. The van der Waals surface area contributed by atoms with Gasteiger partial charge in [-0.05, 0) is 25.0 Å². The number of hydrogen-bond acceptors (Lipinski definition) is 6. The molecule has 0 aliphatic carbocycles. The second-order valence-corrected chi connectivity index (χ2v) is 7.87.